The van der Waals surface area contributed by atoms with Crippen LogP contribution in [-0.2, 0) is 10.0 Å². The molecule has 1 aromatic heterocycles. The molecule has 0 spiro atoms. The van der Waals surface area contributed by atoms with E-state index in [4.69, 9.17) is 0 Å². The average Bonchev–Trinajstić information content (AvgIpc) is 3.30. The molecule has 27 heavy (non-hydrogen) atoms. The standard InChI is InChI=1S/C19H22N4O3S/c24-19(17-7-4-10-20-18(17)23-11-1-2-12-23)21-15-5-3-6-16(13-15)27(25,26)22-14-8-9-14/h3-7,10,13-14,22H,1-2,8-9,11-12H2,(H,21,24). The SMILES string of the molecule is O=C(Nc1cccc(S(=O)(=O)NC2CC2)c1)c1cccnc1N1CCCC1. The summed E-state index contributed by atoms with van der Waals surface area (Å²) in [5, 5.41) is 2.81. The van der Waals surface area contributed by atoms with E-state index in [9.17, 15) is 13.2 Å². The maximum Gasteiger partial charge on any atom is 0.259 e. The summed E-state index contributed by atoms with van der Waals surface area (Å²) < 4.78 is 27.4. The number of aromatic nitrogens is 1. The highest BCUT2D eigenvalue weighted by Crippen LogP contribution is 2.25. The molecule has 142 valence electrons. The van der Waals surface area contributed by atoms with Gasteiger partial charge in [-0.05, 0) is 56.0 Å². The number of nitrogens with zero attached hydrogens (tertiary/aromatic N) is 2. The van der Waals surface area contributed by atoms with Crippen LogP contribution in [0.5, 0.6) is 0 Å². The Hall–Kier alpha value is -2.45. The number of anilines is 2. The lowest BCUT2D eigenvalue weighted by atomic mass is 10.2. The van der Waals surface area contributed by atoms with Crippen molar-refractivity contribution in [1.29, 1.82) is 0 Å². The first kappa shape index (κ1) is 17.9. The number of hydrogen-bond donors (Lipinski definition) is 2. The molecular formula is C19H22N4O3S. The van der Waals surface area contributed by atoms with E-state index in [1.54, 1.807) is 30.5 Å². The van der Waals surface area contributed by atoms with Crippen LogP contribution in [0, 0.1) is 0 Å². The molecule has 4 rings (SSSR count). The second-order valence-corrected chi connectivity index (χ2v) is 8.66. The van der Waals surface area contributed by atoms with Crippen LogP contribution in [0.25, 0.3) is 0 Å². The molecule has 2 aliphatic rings. The molecule has 1 saturated heterocycles. The minimum absolute atomic E-state index is 0.0339. The van der Waals surface area contributed by atoms with Crippen molar-refractivity contribution < 1.29 is 13.2 Å². The van der Waals surface area contributed by atoms with Gasteiger partial charge < -0.3 is 10.2 Å². The zero-order valence-electron chi connectivity index (χ0n) is 14.9. The van der Waals surface area contributed by atoms with Crippen molar-refractivity contribution in [2.75, 3.05) is 23.3 Å². The Labute approximate surface area is 158 Å². The fourth-order valence-electron chi connectivity index (χ4n) is 3.18. The Morgan fingerprint density at radius 2 is 1.89 bits per heavy atom. The molecule has 2 aromatic rings. The fourth-order valence-corrected chi connectivity index (χ4v) is 4.53. The number of benzene rings is 1. The van der Waals surface area contributed by atoms with Crippen molar-refractivity contribution in [3.05, 3.63) is 48.2 Å². The van der Waals surface area contributed by atoms with Gasteiger partial charge in [-0.1, -0.05) is 6.07 Å². The van der Waals surface area contributed by atoms with Gasteiger partial charge in [0.2, 0.25) is 10.0 Å². The van der Waals surface area contributed by atoms with Crippen LogP contribution in [-0.4, -0.2) is 38.4 Å². The van der Waals surface area contributed by atoms with E-state index in [-0.39, 0.29) is 16.8 Å². The monoisotopic (exact) mass is 386 g/mol. The van der Waals surface area contributed by atoms with Gasteiger partial charge in [-0.25, -0.2) is 18.1 Å². The fraction of sp³-hybridized carbons (Fsp3) is 0.368. The predicted octanol–water partition coefficient (Wildman–Crippen LogP) is 2.37. The molecule has 1 aliphatic carbocycles. The highest BCUT2D eigenvalue weighted by molar-refractivity contribution is 7.89. The van der Waals surface area contributed by atoms with Gasteiger partial charge in [0.25, 0.3) is 5.91 Å². The van der Waals surface area contributed by atoms with E-state index in [2.05, 4.69) is 19.9 Å². The van der Waals surface area contributed by atoms with E-state index < -0.39 is 10.0 Å². The first-order valence-corrected chi connectivity index (χ1v) is 10.6. The summed E-state index contributed by atoms with van der Waals surface area (Å²) in [7, 11) is -3.56. The highest BCUT2D eigenvalue weighted by Gasteiger charge is 2.28. The van der Waals surface area contributed by atoms with Crippen LogP contribution in [0.15, 0.2) is 47.5 Å². The molecule has 1 amide bonds. The highest BCUT2D eigenvalue weighted by atomic mass is 32.2. The van der Waals surface area contributed by atoms with Crippen LogP contribution < -0.4 is 14.9 Å². The second kappa shape index (κ2) is 7.28. The Balaban J connectivity index is 1.54. The molecule has 2 fully saturated rings. The average molecular weight is 386 g/mol. The summed E-state index contributed by atoms with van der Waals surface area (Å²) >= 11 is 0. The van der Waals surface area contributed by atoms with Crippen LogP contribution in [0.2, 0.25) is 0 Å². The number of carbonyl (C=O) groups is 1. The number of sulfonamides is 1. The zero-order valence-corrected chi connectivity index (χ0v) is 15.7. The maximum absolute atomic E-state index is 12.8. The van der Waals surface area contributed by atoms with Crippen molar-refractivity contribution in [2.24, 2.45) is 0 Å². The van der Waals surface area contributed by atoms with Gasteiger partial charge in [-0.3, -0.25) is 4.79 Å². The molecule has 1 saturated carbocycles. The molecular weight excluding hydrogens is 364 g/mol. The van der Waals surface area contributed by atoms with Crippen LogP contribution in [0.3, 0.4) is 0 Å². The molecule has 2 N–H and O–H groups in total. The molecule has 7 nitrogen and oxygen atoms in total. The lowest BCUT2D eigenvalue weighted by molar-refractivity contribution is 0.102. The maximum atomic E-state index is 12.8. The number of hydrogen-bond acceptors (Lipinski definition) is 5. The summed E-state index contributed by atoms with van der Waals surface area (Å²) in [6.07, 6.45) is 5.60. The summed E-state index contributed by atoms with van der Waals surface area (Å²) in [6.45, 7) is 1.77. The number of amides is 1. The second-order valence-electron chi connectivity index (χ2n) is 6.95. The number of nitrogens with one attached hydrogen (secondary N) is 2. The minimum Gasteiger partial charge on any atom is -0.356 e. The largest absolute Gasteiger partial charge is 0.356 e. The smallest absolute Gasteiger partial charge is 0.259 e. The van der Waals surface area contributed by atoms with Gasteiger partial charge >= 0.3 is 0 Å². The summed E-state index contributed by atoms with van der Waals surface area (Å²) in [6, 6.07) is 9.82. The molecule has 2 heterocycles. The molecule has 0 bridgehead atoms. The van der Waals surface area contributed by atoms with E-state index >= 15 is 0 Å². The van der Waals surface area contributed by atoms with Crippen LogP contribution >= 0.6 is 0 Å². The zero-order chi connectivity index (χ0) is 18.9. The molecule has 1 aromatic carbocycles. The third kappa shape index (κ3) is 4.12. The Bertz CT molecular complexity index is 951. The third-order valence-corrected chi connectivity index (χ3v) is 6.26. The predicted molar refractivity (Wildman–Crippen MR) is 103 cm³/mol. The van der Waals surface area contributed by atoms with Crippen molar-refractivity contribution in [2.45, 2.75) is 36.6 Å². The molecule has 1 aliphatic heterocycles. The van der Waals surface area contributed by atoms with Crippen molar-refractivity contribution in [3.63, 3.8) is 0 Å². The van der Waals surface area contributed by atoms with Crippen molar-refractivity contribution in [1.82, 2.24) is 9.71 Å². The Morgan fingerprint density at radius 1 is 1.11 bits per heavy atom. The summed E-state index contributed by atoms with van der Waals surface area (Å²) in [5.41, 5.74) is 0.929. The molecule has 0 radical (unpaired) electrons. The Morgan fingerprint density at radius 3 is 2.63 bits per heavy atom. The summed E-state index contributed by atoms with van der Waals surface area (Å²) in [5.74, 6) is 0.376. The van der Waals surface area contributed by atoms with Crippen molar-refractivity contribution in [3.8, 4) is 0 Å². The van der Waals surface area contributed by atoms with Crippen LogP contribution in [0.1, 0.15) is 36.0 Å². The first-order chi connectivity index (χ1) is 13.0. The van der Waals surface area contributed by atoms with Gasteiger partial charge in [0, 0.05) is 31.0 Å². The van der Waals surface area contributed by atoms with E-state index in [0.29, 0.717) is 17.1 Å². The Kier molecular flexibility index (Phi) is 4.84. The third-order valence-electron chi connectivity index (χ3n) is 4.74. The quantitative estimate of drug-likeness (QED) is 0.795. The van der Waals surface area contributed by atoms with E-state index in [0.717, 1.165) is 38.8 Å². The molecule has 8 heteroatoms. The van der Waals surface area contributed by atoms with E-state index in [1.807, 2.05) is 0 Å². The minimum atomic E-state index is -3.56. The molecule has 0 unspecified atom stereocenters. The normalized spacial score (nSPS) is 17.1. The van der Waals surface area contributed by atoms with Gasteiger partial charge in [-0.15, -0.1) is 0 Å². The van der Waals surface area contributed by atoms with Gasteiger partial charge in [0.05, 0.1) is 10.5 Å². The number of carbonyl (C=O) groups excluding carboxylic acids is 1. The van der Waals surface area contributed by atoms with Gasteiger partial charge in [0.1, 0.15) is 5.82 Å². The number of rotatable bonds is 6. The first-order valence-electron chi connectivity index (χ1n) is 9.17. The van der Waals surface area contributed by atoms with E-state index in [1.165, 1.54) is 12.1 Å². The summed E-state index contributed by atoms with van der Waals surface area (Å²) in [4.78, 5) is 19.4. The topological polar surface area (TPSA) is 91.4 Å². The van der Waals surface area contributed by atoms with Crippen molar-refractivity contribution >= 4 is 27.4 Å². The van der Waals surface area contributed by atoms with Gasteiger partial charge in [-0.2, -0.15) is 0 Å². The lowest BCUT2D eigenvalue weighted by Crippen LogP contribution is -2.26. The number of pyridine rings is 1. The lowest BCUT2D eigenvalue weighted by Gasteiger charge is -2.19. The molecule has 0 atom stereocenters. The van der Waals surface area contributed by atoms with Gasteiger partial charge in [0.15, 0.2) is 0 Å². The van der Waals surface area contributed by atoms with Crippen LogP contribution in [0.4, 0.5) is 11.5 Å².